The molecule has 0 aliphatic rings. The van der Waals surface area contributed by atoms with Gasteiger partial charge in [0.15, 0.2) is 6.04 Å². The minimum absolute atomic E-state index is 0.156. The first-order chi connectivity index (χ1) is 12.3. The van der Waals surface area contributed by atoms with Gasteiger partial charge in [0.05, 0.1) is 13.4 Å². The predicted octanol–water partition coefficient (Wildman–Crippen LogP) is 2.52. The molecule has 1 atom stereocenters. The van der Waals surface area contributed by atoms with E-state index in [-0.39, 0.29) is 12.1 Å². The number of aliphatic imine (C=N–C) groups is 1. The fraction of sp³-hybridized carbons (Fsp3) is 0.333. The van der Waals surface area contributed by atoms with Gasteiger partial charge in [-0.1, -0.05) is 17.7 Å². The van der Waals surface area contributed by atoms with E-state index in [9.17, 15) is 9.59 Å². The van der Waals surface area contributed by atoms with Gasteiger partial charge in [0.25, 0.3) is 0 Å². The fourth-order valence-corrected chi connectivity index (χ4v) is 2.88. The molecule has 0 aliphatic carbocycles. The molecule has 0 bridgehead atoms. The van der Waals surface area contributed by atoms with E-state index in [1.54, 1.807) is 12.5 Å². The summed E-state index contributed by atoms with van der Waals surface area (Å²) in [7, 11) is 1.24. The molecule has 138 valence electrons. The van der Waals surface area contributed by atoms with Crippen molar-refractivity contribution in [2.75, 3.05) is 7.11 Å². The first-order valence-electron chi connectivity index (χ1n) is 7.90. The van der Waals surface area contributed by atoms with Crippen molar-refractivity contribution in [3.05, 3.63) is 52.6 Å². The zero-order chi connectivity index (χ0) is 19.3. The molecule has 2 rings (SSSR count). The summed E-state index contributed by atoms with van der Waals surface area (Å²) >= 11 is 6.10. The molecule has 0 saturated heterocycles. The molecule has 26 heavy (non-hydrogen) atoms. The zero-order valence-corrected chi connectivity index (χ0v) is 15.5. The topological polar surface area (TPSA) is 93.8 Å². The van der Waals surface area contributed by atoms with Gasteiger partial charge in [-0.2, -0.15) is 0 Å². The van der Waals surface area contributed by atoms with Gasteiger partial charge in [0, 0.05) is 29.9 Å². The second kappa shape index (κ2) is 8.62. The fourth-order valence-electron chi connectivity index (χ4n) is 2.57. The molecule has 0 fully saturated rings. The Labute approximate surface area is 156 Å². The minimum atomic E-state index is -1.18. The van der Waals surface area contributed by atoms with E-state index < -0.39 is 18.0 Å². The molecule has 0 unspecified atom stereocenters. The normalized spacial score (nSPS) is 12.7. The Hall–Kier alpha value is -2.67. The van der Waals surface area contributed by atoms with Crippen molar-refractivity contribution in [1.29, 1.82) is 0 Å². The molecule has 0 amide bonds. The number of aromatic nitrogens is 2. The van der Waals surface area contributed by atoms with Crippen molar-refractivity contribution < 1.29 is 19.4 Å². The van der Waals surface area contributed by atoms with Crippen LogP contribution in [-0.4, -0.2) is 45.5 Å². The summed E-state index contributed by atoms with van der Waals surface area (Å²) in [5.74, 6) is -1.78. The molecule has 0 spiro atoms. The maximum atomic E-state index is 12.0. The summed E-state index contributed by atoms with van der Waals surface area (Å²) in [5.41, 5.74) is 2.62. The Kier molecular flexibility index (Phi) is 6.52. The molecule has 1 aromatic heterocycles. The highest BCUT2D eigenvalue weighted by molar-refractivity contribution is 6.34. The SMILES string of the molecule is COC(=O)[C@H](Cc1cncn1Cc1cc(C)cc(Cl)c1)N=C(C)C(=O)O. The Morgan fingerprint density at radius 1 is 1.38 bits per heavy atom. The lowest BCUT2D eigenvalue weighted by atomic mass is 10.1. The van der Waals surface area contributed by atoms with Crippen molar-refractivity contribution in [2.45, 2.75) is 32.9 Å². The number of benzene rings is 1. The lowest BCUT2D eigenvalue weighted by Crippen LogP contribution is -2.26. The molecule has 0 radical (unpaired) electrons. The van der Waals surface area contributed by atoms with Gasteiger partial charge >= 0.3 is 11.9 Å². The average Bonchev–Trinajstić information content (AvgIpc) is 2.99. The van der Waals surface area contributed by atoms with Crippen molar-refractivity contribution in [3.8, 4) is 0 Å². The van der Waals surface area contributed by atoms with Crippen molar-refractivity contribution >= 4 is 29.3 Å². The smallest absolute Gasteiger partial charge is 0.349 e. The maximum Gasteiger partial charge on any atom is 0.349 e. The van der Waals surface area contributed by atoms with E-state index in [2.05, 4.69) is 9.98 Å². The Morgan fingerprint density at radius 2 is 2.12 bits per heavy atom. The minimum Gasteiger partial charge on any atom is -0.477 e. The number of carboxylic acids is 1. The van der Waals surface area contributed by atoms with Crippen molar-refractivity contribution in [1.82, 2.24) is 9.55 Å². The Balaban J connectivity index is 2.26. The van der Waals surface area contributed by atoms with Gasteiger partial charge in [-0.3, -0.25) is 4.99 Å². The van der Waals surface area contributed by atoms with Crippen LogP contribution in [-0.2, 0) is 27.3 Å². The van der Waals surface area contributed by atoms with Crippen LogP contribution in [0.4, 0.5) is 0 Å². The van der Waals surface area contributed by atoms with Crippen molar-refractivity contribution in [3.63, 3.8) is 0 Å². The number of aryl methyl sites for hydroxylation is 1. The molecular weight excluding hydrogens is 358 g/mol. The first kappa shape index (κ1) is 19.7. The van der Waals surface area contributed by atoms with Crippen LogP contribution in [0.15, 0.2) is 35.7 Å². The van der Waals surface area contributed by atoms with Gasteiger partial charge in [-0.25, -0.2) is 14.6 Å². The van der Waals surface area contributed by atoms with E-state index in [0.717, 1.165) is 16.8 Å². The molecule has 1 heterocycles. The first-order valence-corrected chi connectivity index (χ1v) is 8.28. The number of rotatable bonds is 7. The number of imidazole rings is 1. The highest BCUT2D eigenvalue weighted by Gasteiger charge is 2.22. The molecule has 8 heteroatoms. The van der Waals surface area contributed by atoms with E-state index in [0.29, 0.717) is 11.6 Å². The van der Waals surface area contributed by atoms with Crippen LogP contribution in [0.2, 0.25) is 5.02 Å². The standard InChI is InChI=1S/C18H20ClN3O4/c1-11-4-13(6-14(19)5-11)9-22-10-20-8-15(22)7-16(18(25)26-3)21-12(2)17(23)24/h4-6,8,10,16H,7,9H2,1-3H3,(H,23,24)/t16-/m0/s1. The van der Waals surface area contributed by atoms with Crippen LogP contribution in [0.3, 0.4) is 0 Å². The number of carbonyl (C=O) groups is 2. The number of ether oxygens (including phenoxy) is 1. The van der Waals surface area contributed by atoms with E-state index >= 15 is 0 Å². The zero-order valence-electron chi connectivity index (χ0n) is 14.8. The number of methoxy groups -OCH3 is 1. The lowest BCUT2D eigenvalue weighted by Gasteiger charge is -2.13. The average molecular weight is 378 g/mol. The molecule has 2 aromatic rings. The highest BCUT2D eigenvalue weighted by Crippen LogP contribution is 2.17. The maximum absolute atomic E-state index is 12.0. The van der Waals surface area contributed by atoms with E-state index in [1.165, 1.54) is 14.0 Å². The van der Waals surface area contributed by atoms with Crippen LogP contribution in [0.25, 0.3) is 0 Å². The number of esters is 1. The van der Waals surface area contributed by atoms with E-state index in [1.807, 2.05) is 29.7 Å². The van der Waals surface area contributed by atoms with Crippen LogP contribution in [0.5, 0.6) is 0 Å². The second-order valence-corrected chi connectivity index (χ2v) is 6.35. The number of hydrogen-bond donors (Lipinski definition) is 1. The molecule has 0 saturated carbocycles. The summed E-state index contributed by atoms with van der Waals surface area (Å²) in [6.07, 6.45) is 3.45. The quantitative estimate of drug-likeness (QED) is 0.591. The van der Waals surface area contributed by atoms with Crippen molar-refractivity contribution in [2.24, 2.45) is 4.99 Å². The van der Waals surface area contributed by atoms with Crippen LogP contribution in [0.1, 0.15) is 23.7 Å². The number of nitrogens with zero attached hydrogens (tertiary/aromatic N) is 3. The van der Waals surface area contributed by atoms with Gasteiger partial charge in [-0.05, 0) is 37.1 Å². The molecule has 1 aromatic carbocycles. The number of hydrogen-bond acceptors (Lipinski definition) is 5. The third-order valence-corrected chi connectivity index (χ3v) is 4.01. The summed E-state index contributed by atoms with van der Waals surface area (Å²) in [5, 5.41) is 9.65. The molecule has 0 aliphatic heterocycles. The monoisotopic (exact) mass is 377 g/mol. The Bertz CT molecular complexity index is 824. The Morgan fingerprint density at radius 3 is 2.73 bits per heavy atom. The second-order valence-electron chi connectivity index (χ2n) is 5.91. The van der Waals surface area contributed by atoms with Crippen LogP contribution in [0, 0.1) is 6.92 Å². The molecule has 7 nitrogen and oxygen atoms in total. The van der Waals surface area contributed by atoms with Gasteiger partial charge in [0.2, 0.25) is 0 Å². The number of aliphatic carboxylic acids is 1. The summed E-state index contributed by atoms with van der Waals surface area (Å²) in [6, 6.07) is 4.80. The van der Waals surface area contributed by atoms with Crippen LogP contribution < -0.4 is 0 Å². The highest BCUT2D eigenvalue weighted by atomic mass is 35.5. The number of halogens is 1. The predicted molar refractivity (Wildman–Crippen MR) is 97.8 cm³/mol. The van der Waals surface area contributed by atoms with Gasteiger partial charge in [-0.15, -0.1) is 0 Å². The summed E-state index contributed by atoms with van der Waals surface area (Å²) in [4.78, 5) is 31.1. The van der Waals surface area contributed by atoms with Gasteiger partial charge in [0.1, 0.15) is 5.71 Å². The molecular formula is C18H20ClN3O4. The number of carbonyl (C=O) groups excluding carboxylic acids is 1. The summed E-state index contributed by atoms with van der Waals surface area (Å²) in [6.45, 7) is 3.82. The third-order valence-electron chi connectivity index (χ3n) is 3.79. The molecule has 1 N–H and O–H groups in total. The summed E-state index contributed by atoms with van der Waals surface area (Å²) < 4.78 is 6.61. The number of carboxylic acid groups (broad SMARTS) is 1. The van der Waals surface area contributed by atoms with E-state index in [4.69, 9.17) is 21.4 Å². The van der Waals surface area contributed by atoms with Gasteiger partial charge < -0.3 is 14.4 Å². The lowest BCUT2D eigenvalue weighted by molar-refractivity contribution is -0.142. The largest absolute Gasteiger partial charge is 0.477 e. The van der Waals surface area contributed by atoms with Crippen LogP contribution >= 0.6 is 11.6 Å². The third kappa shape index (κ3) is 5.16.